The Labute approximate surface area is 144 Å². The lowest BCUT2D eigenvalue weighted by atomic mass is 10.1. The van der Waals surface area contributed by atoms with Crippen molar-refractivity contribution < 1.29 is 24.6 Å². The van der Waals surface area contributed by atoms with Crippen molar-refractivity contribution >= 4 is 36.4 Å². The number of hydrogen-bond donors (Lipinski definition) is 8. The van der Waals surface area contributed by atoms with Crippen LogP contribution in [-0.2, 0) is 14.4 Å². The Bertz CT molecular complexity index is 471. The zero-order chi connectivity index (χ0) is 18.7. The highest BCUT2D eigenvalue weighted by Gasteiger charge is 2.26. The number of thiol groups is 1. The SMILES string of the molecule is NC(N)=NCCC[C@H](N)C(=O)N[C@@H](CO)C(=O)N[C@@H](CS)C(=O)O. The van der Waals surface area contributed by atoms with E-state index in [9.17, 15) is 19.5 Å². The van der Waals surface area contributed by atoms with Crippen LogP contribution in [0.15, 0.2) is 4.99 Å². The summed E-state index contributed by atoms with van der Waals surface area (Å²) in [5, 5.41) is 22.4. The Morgan fingerprint density at radius 3 is 2.17 bits per heavy atom. The van der Waals surface area contributed by atoms with Crippen LogP contribution in [0, 0.1) is 0 Å². The van der Waals surface area contributed by atoms with E-state index in [1.807, 2.05) is 0 Å². The highest BCUT2D eigenvalue weighted by molar-refractivity contribution is 7.80. The number of guanidine groups is 1. The summed E-state index contributed by atoms with van der Waals surface area (Å²) in [6, 6.07) is -3.48. The van der Waals surface area contributed by atoms with Crippen LogP contribution >= 0.6 is 12.6 Å². The van der Waals surface area contributed by atoms with Gasteiger partial charge in [-0.05, 0) is 12.8 Å². The molecular formula is C12H24N6O5S. The summed E-state index contributed by atoms with van der Waals surface area (Å²) >= 11 is 3.80. The van der Waals surface area contributed by atoms with Crippen molar-refractivity contribution in [1.82, 2.24) is 10.6 Å². The van der Waals surface area contributed by atoms with Gasteiger partial charge in [-0.1, -0.05) is 0 Å². The first-order chi connectivity index (χ1) is 11.2. The van der Waals surface area contributed by atoms with Crippen LogP contribution in [0.5, 0.6) is 0 Å². The van der Waals surface area contributed by atoms with Crippen LogP contribution in [-0.4, -0.2) is 71.0 Å². The predicted octanol–water partition coefficient (Wildman–Crippen LogP) is -3.66. The number of nitrogens with zero attached hydrogens (tertiary/aromatic N) is 1. The molecule has 0 fully saturated rings. The maximum absolute atomic E-state index is 11.9. The molecule has 0 unspecified atom stereocenters. The molecule has 0 aliphatic carbocycles. The number of hydrogen-bond acceptors (Lipinski definition) is 7. The van der Waals surface area contributed by atoms with Gasteiger partial charge in [-0.15, -0.1) is 0 Å². The van der Waals surface area contributed by atoms with Gasteiger partial charge in [0.15, 0.2) is 5.96 Å². The molecule has 0 aliphatic rings. The summed E-state index contributed by atoms with van der Waals surface area (Å²) in [7, 11) is 0. The van der Waals surface area contributed by atoms with Gasteiger partial charge in [0.2, 0.25) is 11.8 Å². The quantitative estimate of drug-likeness (QED) is 0.0791. The van der Waals surface area contributed by atoms with Crippen LogP contribution in [0.3, 0.4) is 0 Å². The average Bonchev–Trinajstić information content (AvgIpc) is 2.52. The lowest BCUT2D eigenvalue weighted by molar-refractivity contribution is -0.141. The molecule has 0 aromatic carbocycles. The van der Waals surface area contributed by atoms with Crippen LogP contribution in [0.2, 0.25) is 0 Å². The van der Waals surface area contributed by atoms with E-state index in [1.165, 1.54) is 0 Å². The Morgan fingerprint density at radius 1 is 1.12 bits per heavy atom. The number of aliphatic carboxylic acids is 1. The first-order valence-corrected chi connectivity index (χ1v) is 7.72. The monoisotopic (exact) mass is 364 g/mol. The molecule has 10 N–H and O–H groups in total. The molecule has 11 nitrogen and oxygen atoms in total. The molecule has 0 aliphatic heterocycles. The number of carbonyl (C=O) groups is 3. The summed E-state index contributed by atoms with van der Waals surface area (Å²) in [4.78, 5) is 38.3. The number of amides is 2. The second-order valence-corrected chi connectivity index (χ2v) is 5.25. The zero-order valence-corrected chi connectivity index (χ0v) is 13.9. The van der Waals surface area contributed by atoms with E-state index in [2.05, 4.69) is 28.3 Å². The Hall–Kier alpha value is -2.05. The van der Waals surface area contributed by atoms with Crippen molar-refractivity contribution in [2.24, 2.45) is 22.2 Å². The molecule has 0 aromatic heterocycles. The molecule has 0 saturated heterocycles. The van der Waals surface area contributed by atoms with Gasteiger partial charge in [-0.25, -0.2) is 4.79 Å². The fraction of sp³-hybridized carbons (Fsp3) is 0.667. The third kappa shape index (κ3) is 8.55. The van der Waals surface area contributed by atoms with Gasteiger partial charge in [0.05, 0.1) is 12.6 Å². The summed E-state index contributed by atoms with van der Waals surface area (Å²) in [5.74, 6) is -3.00. The number of aliphatic hydroxyl groups is 1. The zero-order valence-electron chi connectivity index (χ0n) is 13.0. The van der Waals surface area contributed by atoms with E-state index < -0.39 is 42.5 Å². The van der Waals surface area contributed by atoms with Crippen molar-refractivity contribution in [2.45, 2.75) is 31.0 Å². The molecule has 0 radical (unpaired) electrons. The van der Waals surface area contributed by atoms with E-state index in [0.29, 0.717) is 13.0 Å². The molecule has 138 valence electrons. The van der Waals surface area contributed by atoms with E-state index in [1.54, 1.807) is 0 Å². The highest BCUT2D eigenvalue weighted by atomic mass is 32.1. The average molecular weight is 364 g/mol. The molecule has 0 heterocycles. The van der Waals surface area contributed by atoms with E-state index in [-0.39, 0.29) is 18.1 Å². The van der Waals surface area contributed by atoms with Crippen molar-refractivity contribution in [1.29, 1.82) is 0 Å². The number of rotatable bonds is 11. The molecule has 0 spiro atoms. The summed E-state index contributed by atoms with van der Waals surface area (Å²) in [5.41, 5.74) is 16.0. The topological polar surface area (TPSA) is 206 Å². The van der Waals surface area contributed by atoms with Gasteiger partial charge in [-0.2, -0.15) is 12.6 Å². The standard InChI is InChI=1S/C12H24N6O5S/c13-6(2-1-3-16-12(14)15)9(20)17-7(4-19)10(21)18-8(5-24)11(22)23/h6-8,19,24H,1-5,13H2,(H,17,20)(H,18,21)(H,22,23)(H4,14,15,16)/t6-,7-,8-/m0/s1. The maximum Gasteiger partial charge on any atom is 0.327 e. The lowest BCUT2D eigenvalue weighted by Gasteiger charge is -2.20. The van der Waals surface area contributed by atoms with Gasteiger partial charge >= 0.3 is 5.97 Å². The fourth-order valence-electron chi connectivity index (χ4n) is 1.58. The van der Waals surface area contributed by atoms with Crippen LogP contribution in [0.4, 0.5) is 0 Å². The van der Waals surface area contributed by atoms with E-state index >= 15 is 0 Å². The van der Waals surface area contributed by atoms with Crippen LogP contribution in [0.25, 0.3) is 0 Å². The van der Waals surface area contributed by atoms with Gasteiger partial charge in [-0.3, -0.25) is 14.6 Å². The third-order valence-electron chi connectivity index (χ3n) is 2.92. The van der Waals surface area contributed by atoms with Crippen molar-refractivity contribution in [2.75, 3.05) is 18.9 Å². The van der Waals surface area contributed by atoms with Gasteiger partial charge in [0, 0.05) is 12.3 Å². The first kappa shape index (κ1) is 21.9. The number of aliphatic hydroxyl groups excluding tert-OH is 1. The number of nitrogens with two attached hydrogens (primary N) is 3. The van der Waals surface area contributed by atoms with Gasteiger partial charge in [0.25, 0.3) is 0 Å². The smallest absolute Gasteiger partial charge is 0.327 e. The maximum atomic E-state index is 11.9. The minimum atomic E-state index is -1.32. The van der Waals surface area contributed by atoms with E-state index in [0.717, 1.165) is 0 Å². The van der Waals surface area contributed by atoms with E-state index in [4.69, 9.17) is 22.3 Å². The minimum absolute atomic E-state index is 0.0674. The minimum Gasteiger partial charge on any atom is -0.480 e. The number of nitrogens with one attached hydrogen (secondary N) is 2. The van der Waals surface area contributed by atoms with Gasteiger partial charge in [0.1, 0.15) is 12.1 Å². The summed E-state index contributed by atoms with van der Waals surface area (Å²) < 4.78 is 0. The molecule has 0 saturated carbocycles. The second-order valence-electron chi connectivity index (χ2n) is 4.88. The predicted molar refractivity (Wildman–Crippen MR) is 90.3 cm³/mol. The molecule has 2 amide bonds. The number of carbonyl (C=O) groups excluding carboxylic acids is 2. The summed E-state index contributed by atoms with van der Waals surface area (Å²) in [6.45, 7) is -0.410. The molecule has 0 aromatic rings. The fourth-order valence-corrected chi connectivity index (χ4v) is 1.83. The van der Waals surface area contributed by atoms with Crippen molar-refractivity contribution in [3.05, 3.63) is 0 Å². The van der Waals surface area contributed by atoms with Crippen LogP contribution in [0.1, 0.15) is 12.8 Å². The Morgan fingerprint density at radius 2 is 1.71 bits per heavy atom. The molecule has 24 heavy (non-hydrogen) atoms. The normalized spacial score (nSPS) is 14.1. The second kappa shape index (κ2) is 11.5. The largest absolute Gasteiger partial charge is 0.480 e. The number of carboxylic acid groups (broad SMARTS) is 1. The Kier molecular flexibility index (Phi) is 10.5. The first-order valence-electron chi connectivity index (χ1n) is 7.09. The Balaban J connectivity index is 4.47. The molecule has 3 atom stereocenters. The molecular weight excluding hydrogens is 340 g/mol. The number of carboxylic acids is 1. The highest BCUT2D eigenvalue weighted by Crippen LogP contribution is 1.97. The number of aliphatic imine (C=N–C) groups is 1. The third-order valence-corrected chi connectivity index (χ3v) is 3.28. The van der Waals surface area contributed by atoms with Crippen molar-refractivity contribution in [3.8, 4) is 0 Å². The van der Waals surface area contributed by atoms with Crippen molar-refractivity contribution in [3.63, 3.8) is 0 Å². The lowest BCUT2D eigenvalue weighted by Crippen LogP contribution is -2.56. The molecule has 0 rings (SSSR count). The molecule has 0 bridgehead atoms. The summed E-state index contributed by atoms with van der Waals surface area (Å²) in [6.07, 6.45) is 0.708. The van der Waals surface area contributed by atoms with Gasteiger partial charge < -0.3 is 38.0 Å². The molecule has 12 heteroatoms. The van der Waals surface area contributed by atoms with Crippen LogP contribution < -0.4 is 27.8 Å².